The summed E-state index contributed by atoms with van der Waals surface area (Å²) in [6, 6.07) is 21.6. The minimum Gasteiger partial charge on any atom is -0.497 e. The van der Waals surface area contributed by atoms with Gasteiger partial charge in [-0.3, -0.25) is 4.79 Å². The Bertz CT molecular complexity index is 1560. The van der Waals surface area contributed by atoms with Crippen molar-refractivity contribution < 1.29 is 9.53 Å². The van der Waals surface area contributed by atoms with Crippen LogP contribution in [0.1, 0.15) is 15.9 Å². The predicted molar refractivity (Wildman–Crippen MR) is 135 cm³/mol. The summed E-state index contributed by atoms with van der Waals surface area (Å²) in [6.07, 6.45) is 1.62. The fourth-order valence-electron chi connectivity index (χ4n) is 3.56. The van der Waals surface area contributed by atoms with Gasteiger partial charge in [0.2, 0.25) is 0 Å². The number of carbonyl (C=O) groups is 1. The molecular formula is C25H19ClN6O2. The highest BCUT2D eigenvalue weighted by Gasteiger charge is 2.24. The third kappa shape index (κ3) is 4.02. The number of halogens is 1. The van der Waals surface area contributed by atoms with E-state index in [-0.39, 0.29) is 11.4 Å². The van der Waals surface area contributed by atoms with Crippen LogP contribution in [0.4, 0.5) is 11.5 Å². The first-order valence-electron chi connectivity index (χ1n) is 10.4. The molecule has 0 saturated carbocycles. The Morgan fingerprint density at radius 2 is 1.79 bits per heavy atom. The number of nitrogens with one attached hydrogen (secondary N) is 1. The Morgan fingerprint density at radius 1 is 1.06 bits per heavy atom. The van der Waals surface area contributed by atoms with Crippen molar-refractivity contribution in [1.29, 1.82) is 0 Å². The number of methoxy groups -OCH3 is 1. The van der Waals surface area contributed by atoms with Gasteiger partial charge in [-0.15, -0.1) is 0 Å². The number of ether oxygens (including phenoxy) is 1. The van der Waals surface area contributed by atoms with E-state index in [0.717, 1.165) is 5.56 Å². The molecule has 34 heavy (non-hydrogen) atoms. The number of anilines is 2. The SMILES string of the molecule is COc1cccc(C=Nn2c(N)c(C(=O)Nc3ccc(Cl)cc3)c3nc4ccccc4nc32)c1. The molecule has 2 aromatic heterocycles. The number of amides is 1. The number of para-hydroxylation sites is 2. The number of carbonyl (C=O) groups excluding carboxylic acids is 1. The standard InChI is InChI=1S/C25H19ClN6O2/c1-34-18-6-4-5-15(13-18)14-28-32-23(27)21(25(33)29-17-11-9-16(26)10-12-17)22-24(32)31-20-8-3-2-7-19(20)30-22/h2-14H,27H2,1H3,(H,29,33). The average molecular weight is 471 g/mol. The minimum absolute atomic E-state index is 0.121. The molecule has 0 saturated heterocycles. The molecule has 0 spiro atoms. The van der Waals surface area contributed by atoms with E-state index in [4.69, 9.17) is 27.1 Å². The van der Waals surface area contributed by atoms with Crippen molar-refractivity contribution in [2.75, 3.05) is 18.2 Å². The van der Waals surface area contributed by atoms with E-state index in [1.54, 1.807) is 37.6 Å². The molecule has 3 aromatic carbocycles. The Balaban J connectivity index is 1.64. The lowest BCUT2D eigenvalue weighted by Gasteiger charge is -2.05. The van der Waals surface area contributed by atoms with E-state index in [2.05, 4.69) is 15.4 Å². The maximum Gasteiger partial charge on any atom is 0.261 e. The molecule has 5 rings (SSSR count). The molecule has 0 unspecified atom stereocenters. The van der Waals surface area contributed by atoms with Crippen molar-refractivity contribution in [3.05, 3.63) is 88.9 Å². The predicted octanol–water partition coefficient (Wildman–Crippen LogP) is 4.96. The maximum absolute atomic E-state index is 13.3. The maximum atomic E-state index is 13.3. The molecule has 0 aliphatic heterocycles. The van der Waals surface area contributed by atoms with Crippen LogP contribution in [-0.2, 0) is 0 Å². The first-order chi connectivity index (χ1) is 16.5. The molecule has 0 atom stereocenters. The molecular weight excluding hydrogens is 452 g/mol. The largest absolute Gasteiger partial charge is 0.497 e. The molecule has 0 bridgehead atoms. The van der Waals surface area contributed by atoms with E-state index >= 15 is 0 Å². The second-order valence-corrected chi connectivity index (χ2v) is 7.88. The number of aromatic nitrogens is 3. The van der Waals surface area contributed by atoms with Gasteiger partial charge in [0.1, 0.15) is 22.6 Å². The van der Waals surface area contributed by atoms with Gasteiger partial charge in [0.05, 0.1) is 24.4 Å². The Kier molecular flexibility index (Phi) is 5.57. The molecule has 2 heterocycles. The van der Waals surface area contributed by atoms with Gasteiger partial charge >= 0.3 is 0 Å². The highest BCUT2D eigenvalue weighted by Crippen LogP contribution is 2.29. The molecule has 5 aromatic rings. The van der Waals surface area contributed by atoms with Gasteiger partial charge in [0.15, 0.2) is 5.65 Å². The van der Waals surface area contributed by atoms with Crippen molar-refractivity contribution in [1.82, 2.24) is 14.6 Å². The summed E-state index contributed by atoms with van der Waals surface area (Å²) in [5.41, 5.74) is 10.0. The van der Waals surface area contributed by atoms with Gasteiger partial charge in [0.25, 0.3) is 5.91 Å². The van der Waals surface area contributed by atoms with Crippen LogP contribution in [0.25, 0.3) is 22.2 Å². The molecule has 168 valence electrons. The molecule has 1 amide bonds. The van der Waals surface area contributed by atoms with Gasteiger partial charge in [-0.2, -0.15) is 9.78 Å². The van der Waals surface area contributed by atoms with E-state index < -0.39 is 5.91 Å². The summed E-state index contributed by atoms with van der Waals surface area (Å²) >= 11 is 5.95. The highest BCUT2D eigenvalue weighted by molar-refractivity contribution is 6.30. The van der Waals surface area contributed by atoms with Gasteiger partial charge in [0, 0.05) is 10.7 Å². The first kappa shape index (κ1) is 21.4. The molecule has 0 aliphatic rings. The van der Waals surface area contributed by atoms with Crippen LogP contribution in [0.15, 0.2) is 77.9 Å². The molecule has 8 nitrogen and oxygen atoms in total. The van der Waals surface area contributed by atoms with E-state index in [1.165, 1.54) is 4.68 Å². The number of nitrogens with two attached hydrogens (primary N) is 1. The van der Waals surface area contributed by atoms with Crippen molar-refractivity contribution in [2.24, 2.45) is 5.10 Å². The average Bonchev–Trinajstić information content (AvgIpc) is 3.12. The van der Waals surface area contributed by atoms with Crippen LogP contribution in [0, 0.1) is 0 Å². The van der Waals surface area contributed by atoms with Crippen LogP contribution in [0.5, 0.6) is 5.75 Å². The quantitative estimate of drug-likeness (QED) is 0.353. The van der Waals surface area contributed by atoms with Crippen molar-refractivity contribution in [3.63, 3.8) is 0 Å². The number of nitrogen functional groups attached to an aromatic ring is 1. The van der Waals surface area contributed by atoms with Crippen LogP contribution in [0.2, 0.25) is 5.02 Å². The normalized spacial score (nSPS) is 11.4. The zero-order valence-electron chi connectivity index (χ0n) is 18.1. The number of hydrogen-bond donors (Lipinski definition) is 2. The fraction of sp³-hybridized carbons (Fsp3) is 0.0400. The minimum atomic E-state index is -0.426. The third-order valence-electron chi connectivity index (χ3n) is 5.22. The lowest BCUT2D eigenvalue weighted by molar-refractivity contribution is 0.102. The van der Waals surface area contributed by atoms with Crippen molar-refractivity contribution >= 4 is 57.4 Å². The van der Waals surface area contributed by atoms with Gasteiger partial charge < -0.3 is 15.8 Å². The number of nitrogens with zero attached hydrogens (tertiary/aromatic N) is 4. The zero-order chi connectivity index (χ0) is 23.7. The molecule has 9 heteroatoms. The Morgan fingerprint density at radius 3 is 2.53 bits per heavy atom. The molecule has 3 N–H and O–H groups in total. The van der Waals surface area contributed by atoms with Crippen LogP contribution >= 0.6 is 11.6 Å². The zero-order valence-corrected chi connectivity index (χ0v) is 18.8. The van der Waals surface area contributed by atoms with E-state index in [9.17, 15) is 4.79 Å². The highest BCUT2D eigenvalue weighted by atomic mass is 35.5. The fourth-order valence-corrected chi connectivity index (χ4v) is 3.69. The number of fused-ring (bicyclic) bond motifs is 2. The van der Waals surface area contributed by atoms with Crippen LogP contribution in [-0.4, -0.2) is 33.9 Å². The lowest BCUT2D eigenvalue weighted by atomic mass is 10.2. The van der Waals surface area contributed by atoms with E-state index in [0.29, 0.717) is 38.7 Å². The third-order valence-corrected chi connectivity index (χ3v) is 5.47. The Hall–Kier alpha value is -4.43. The van der Waals surface area contributed by atoms with Gasteiger partial charge in [-0.05, 0) is 54.1 Å². The van der Waals surface area contributed by atoms with Crippen LogP contribution in [0.3, 0.4) is 0 Å². The number of benzene rings is 3. The van der Waals surface area contributed by atoms with Gasteiger partial charge in [-0.1, -0.05) is 35.9 Å². The summed E-state index contributed by atoms with van der Waals surface area (Å²) in [4.78, 5) is 22.6. The number of hydrogen-bond acceptors (Lipinski definition) is 6. The Labute approximate surface area is 199 Å². The van der Waals surface area contributed by atoms with Crippen molar-refractivity contribution in [2.45, 2.75) is 0 Å². The summed E-state index contributed by atoms with van der Waals surface area (Å²) in [7, 11) is 1.60. The second kappa shape index (κ2) is 8.84. The van der Waals surface area contributed by atoms with E-state index in [1.807, 2.05) is 48.5 Å². The summed E-state index contributed by atoms with van der Waals surface area (Å²) in [6.45, 7) is 0. The van der Waals surface area contributed by atoms with Crippen molar-refractivity contribution in [3.8, 4) is 5.75 Å². The van der Waals surface area contributed by atoms with Crippen LogP contribution < -0.4 is 15.8 Å². The smallest absolute Gasteiger partial charge is 0.261 e. The number of rotatable bonds is 5. The topological polar surface area (TPSA) is 107 Å². The monoisotopic (exact) mass is 470 g/mol. The lowest BCUT2D eigenvalue weighted by Crippen LogP contribution is -2.14. The van der Waals surface area contributed by atoms with Gasteiger partial charge in [-0.25, -0.2) is 9.97 Å². The summed E-state index contributed by atoms with van der Waals surface area (Å²) in [5, 5.41) is 7.93. The molecule has 0 radical (unpaired) electrons. The molecule has 0 aliphatic carbocycles. The summed E-state index contributed by atoms with van der Waals surface area (Å²) < 4.78 is 6.69. The first-order valence-corrected chi connectivity index (χ1v) is 10.7. The second-order valence-electron chi connectivity index (χ2n) is 7.44. The molecule has 0 fully saturated rings. The summed E-state index contributed by atoms with van der Waals surface area (Å²) in [5.74, 6) is 0.392.